The van der Waals surface area contributed by atoms with E-state index in [0.29, 0.717) is 0 Å². The second kappa shape index (κ2) is 6.76. The van der Waals surface area contributed by atoms with E-state index in [1.807, 2.05) is 42.2 Å². The average Bonchev–Trinajstić information content (AvgIpc) is 2.55. The van der Waals surface area contributed by atoms with Crippen LogP contribution in [0.15, 0.2) is 53.4 Å². The lowest BCUT2D eigenvalue weighted by Gasteiger charge is -2.30. The maximum Gasteiger partial charge on any atom is 0.236 e. The number of amides is 1. The molecule has 0 spiro atoms. The molecule has 1 aliphatic heterocycles. The van der Waals surface area contributed by atoms with Crippen LogP contribution in [0.4, 0.5) is 0 Å². The van der Waals surface area contributed by atoms with E-state index in [1.165, 1.54) is 11.1 Å². The van der Waals surface area contributed by atoms with Crippen molar-refractivity contribution in [2.45, 2.75) is 30.0 Å². The second-order valence-corrected chi connectivity index (χ2v) is 7.34. The lowest BCUT2D eigenvalue weighted by Crippen LogP contribution is -2.40. The van der Waals surface area contributed by atoms with E-state index in [9.17, 15) is 4.79 Å². The Hall–Kier alpha value is -1.45. The van der Waals surface area contributed by atoms with Gasteiger partial charge in [0, 0.05) is 23.0 Å². The highest BCUT2D eigenvalue weighted by Gasteiger charge is 2.25. The molecule has 0 saturated heterocycles. The summed E-state index contributed by atoms with van der Waals surface area (Å²) < 4.78 is 0. The first kappa shape index (κ1) is 15.4. The molecule has 1 atom stereocenters. The summed E-state index contributed by atoms with van der Waals surface area (Å²) >= 11 is 7.48. The first-order valence-electron chi connectivity index (χ1n) is 7.41. The Balaban J connectivity index is 1.65. The molecule has 1 amide bonds. The third-order valence-electron chi connectivity index (χ3n) is 3.92. The van der Waals surface area contributed by atoms with Crippen LogP contribution in [0.5, 0.6) is 0 Å². The number of benzene rings is 2. The van der Waals surface area contributed by atoms with E-state index >= 15 is 0 Å². The van der Waals surface area contributed by atoms with Crippen molar-refractivity contribution in [1.82, 2.24) is 4.90 Å². The number of rotatable bonds is 3. The maximum absolute atomic E-state index is 12.7. The van der Waals surface area contributed by atoms with Gasteiger partial charge in [0.2, 0.25) is 5.91 Å². The summed E-state index contributed by atoms with van der Waals surface area (Å²) in [5.74, 6) is 0.203. The summed E-state index contributed by atoms with van der Waals surface area (Å²) in [7, 11) is 0. The number of carbonyl (C=O) groups is 1. The fourth-order valence-corrected chi connectivity index (χ4v) is 3.79. The lowest BCUT2D eigenvalue weighted by molar-refractivity contribution is -0.131. The summed E-state index contributed by atoms with van der Waals surface area (Å²) in [6.45, 7) is 3.50. The van der Waals surface area contributed by atoms with Gasteiger partial charge in [-0.05, 0) is 48.7 Å². The van der Waals surface area contributed by atoms with Gasteiger partial charge in [0.25, 0.3) is 0 Å². The quantitative estimate of drug-likeness (QED) is 0.777. The molecule has 0 aromatic heterocycles. The molecule has 0 unspecified atom stereocenters. The van der Waals surface area contributed by atoms with Crippen LogP contribution in [-0.2, 0) is 17.8 Å². The fourth-order valence-electron chi connectivity index (χ4n) is 2.71. The first-order chi connectivity index (χ1) is 10.6. The van der Waals surface area contributed by atoms with Crippen molar-refractivity contribution in [3.8, 4) is 0 Å². The normalized spacial score (nSPS) is 15.3. The number of halogens is 1. The molecule has 2 aromatic rings. The third kappa shape index (κ3) is 3.47. The topological polar surface area (TPSA) is 20.3 Å². The number of thioether (sulfide) groups is 1. The summed E-state index contributed by atoms with van der Waals surface area (Å²) in [6, 6.07) is 16.0. The SMILES string of the molecule is C[C@@H](Sc1ccc(Cl)cc1)C(=O)N1CCc2ccccc2C1. The molecule has 0 saturated carbocycles. The molecule has 22 heavy (non-hydrogen) atoms. The number of fused-ring (bicyclic) bond motifs is 1. The number of nitrogens with zero attached hydrogens (tertiary/aromatic N) is 1. The summed E-state index contributed by atoms with van der Waals surface area (Å²) in [5.41, 5.74) is 2.63. The zero-order valence-electron chi connectivity index (χ0n) is 12.5. The number of hydrogen-bond acceptors (Lipinski definition) is 2. The Morgan fingerprint density at radius 2 is 1.82 bits per heavy atom. The lowest BCUT2D eigenvalue weighted by atomic mass is 10.00. The van der Waals surface area contributed by atoms with Crippen LogP contribution in [0.2, 0.25) is 5.02 Å². The summed E-state index contributed by atoms with van der Waals surface area (Å²) in [5, 5.41) is 0.627. The Labute approximate surface area is 140 Å². The van der Waals surface area contributed by atoms with Crippen molar-refractivity contribution in [2.75, 3.05) is 6.54 Å². The molecule has 1 heterocycles. The molecule has 114 valence electrons. The predicted octanol–water partition coefficient (Wildman–Crippen LogP) is 4.41. The molecule has 4 heteroatoms. The van der Waals surface area contributed by atoms with Gasteiger partial charge in [-0.15, -0.1) is 11.8 Å². The van der Waals surface area contributed by atoms with E-state index < -0.39 is 0 Å². The Kier molecular flexibility index (Phi) is 4.74. The standard InChI is InChI=1S/C18H18ClNOS/c1-13(22-17-8-6-16(19)7-9-17)18(21)20-11-10-14-4-2-3-5-15(14)12-20/h2-9,13H,10-12H2,1H3/t13-/m1/s1. The van der Waals surface area contributed by atoms with Gasteiger partial charge >= 0.3 is 0 Å². The zero-order valence-corrected chi connectivity index (χ0v) is 14.0. The monoisotopic (exact) mass is 331 g/mol. The van der Waals surface area contributed by atoms with Crippen molar-refractivity contribution in [2.24, 2.45) is 0 Å². The van der Waals surface area contributed by atoms with Crippen molar-refractivity contribution in [3.63, 3.8) is 0 Å². The van der Waals surface area contributed by atoms with Crippen molar-refractivity contribution >= 4 is 29.3 Å². The summed E-state index contributed by atoms with van der Waals surface area (Å²) in [4.78, 5) is 15.7. The highest BCUT2D eigenvalue weighted by Crippen LogP contribution is 2.27. The second-order valence-electron chi connectivity index (χ2n) is 5.49. The van der Waals surface area contributed by atoms with Gasteiger partial charge in [0.05, 0.1) is 5.25 Å². The molecular weight excluding hydrogens is 314 g/mol. The molecule has 1 aliphatic rings. The largest absolute Gasteiger partial charge is 0.337 e. The van der Waals surface area contributed by atoms with E-state index in [-0.39, 0.29) is 11.2 Å². The van der Waals surface area contributed by atoms with Gasteiger partial charge in [-0.2, -0.15) is 0 Å². The van der Waals surface area contributed by atoms with Crippen molar-refractivity contribution in [1.29, 1.82) is 0 Å². The van der Waals surface area contributed by atoms with Crippen molar-refractivity contribution < 1.29 is 4.79 Å². The maximum atomic E-state index is 12.7. The van der Waals surface area contributed by atoms with Gasteiger partial charge in [-0.3, -0.25) is 4.79 Å². The third-order valence-corrected chi connectivity index (χ3v) is 5.27. The Morgan fingerprint density at radius 3 is 2.55 bits per heavy atom. The molecule has 0 aliphatic carbocycles. The average molecular weight is 332 g/mol. The fraction of sp³-hybridized carbons (Fsp3) is 0.278. The molecule has 0 radical (unpaired) electrons. The van der Waals surface area contributed by atoms with Crippen molar-refractivity contribution in [3.05, 3.63) is 64.7 Å². The first-order valence-corrected chi connectivity index (χ1v) is 8.67. The van der Waals surface area contributed by atoms with Crippen LogP contribution in [-0.4, -0.2) is 22.6 Å². The summed E-state index contributed by atoms with van der Waals surface area (Å²) in [6.07, 6.45) is 0.945. The van der Waals surface area contributed by atoms with Crippen LogP contribution in [0.3, 0.4) is 0 Å². The minimum Gasteiger partial charge on any atom is -0.337 e. The number of carbonyl (C=O) groups excluding carboxylic acids is 1. The van der Waals surface area contributed by atoms with Gasteiger partial charge in [-0.25, -0.2) is 0 Å². The van der Waals surface area contributed by atoms with E-state index in [2.05, 4.69) is 18.2 Å². The van der Waals surface area contributed by atoms with Crippen LogP contribution in [0.25, 0.3) is 0 Å². The van der Waals surface area contributed by atoms with Gasteiger partial charge < -0.3 is 4.90 Å². The molecular formula is C18H18ClNOS. The molecule has 0 fully saturated rings. The predicted molar refractivity (Wildman–Crippen MR) is 92.3 cm³/mol. The molecule has 2 aromatic carbocycles. The van der Waals surface area contributed by atoms with Gasteiger partial charge in [0.1, 0.15) is 0 Å². The molecule has 0 bridgehead atoms. The van der Waals surface area contributed by atoms with E-state index in [4.69, 9.17) is 11.6 Å². The van der Waals surface area contributed by atoms with E-state index in [1.54, 1.807) is 11.8 Å². The smallest absolute Gasteiger partial charge is 0.236 e. The minimum atomic E-state index is -0.0913. The van der Waals surface area contributed by atoms with Crippen LogP contribution >= 0.6 is 23.4 Å². The molecule has 2 nitrogen and oxygen atoms in total. The highest BCUT2D eigenvalue weighted by atomic mass is 35.5. The van der Waals surface area contributed by atoms with Crippen LogP contribution in [0, 0.1) is 0 Å². The molecule has 0 N–H and O–H groups in total. The van der Waals surface area contributed by atoms with Gasteiger partial charge in [0.15, 0.2) is 0 Å². The molecule has 3 rings (SSSR count). The van der Waals surface area contributed by atoms with Crippen LogP contribution < -0.4 is 0 Å². The zero-order chi connectivity index (χ0) is 15.5. The Bertz CT molecular complexity index is 671. The van der Waals surface area contributed by atoms with Crippen LogP contribution in [0.1, 0.15) is 18.1 Å². The van der Waals surface area contributed by atoms with E-state index in [0.717, 1.165) is 29.4 Å². The highest BCUT2D eigenvalue weighted by molar-refractivity contribution is 8.00. The number of hydrogen-bond donors (Lipinski definition) is 0. The van der Waals surface area contributed by atoms with Gasteiger partial charge in [-0.1, -0.05) is 35.9 Å². The minimum absolute atomic E-state index is 0.0913. The Morgan fingerprint density at radius 1 is 1.14 bits per heavy atom.